The van der Waals surface area contributed by atoms with Gasteiger partial charge >= 0.3 is 0 Å². The third-order valence-electron chi connectivity index (χ3n) is 6.38. The van der Waals surface area contributed by atoms with Crippen LogP contribution in [0.5, 0.6) is 11.6 Å². The molecule has 0 saturated heterocycles. The van der Waals surface area contributed by atoms with E-state index in [-0.39, 0.29) is 17.9 Å². The SMILES string of the molecule is COCCOc1cc(F)c(C2=CCN(c3nc4c(c(OCc5ccccc5)n3)COCC4)CC2)c(F)c1. The Balaban J connectivity index is 1.33. The van der Waals surface area contributed by atoms with Gasteiger partial charge in [0.1, 0.15) is 30.6 Å². The molecule has 37 heavy (non-hydrogen) atoms. The fourth-order valence-electron chi connectivity index (χ4n) is 4.44. The smallest absolute Gasteiger partial charge is 0.229 e. The van der Waals surface area contributed by atoms with Gasteiger partial charge < -0.3 is 23.8 Å². The lowest BCUT2D eigenvalue weighted by Gasteiger charge is -2.29. The molecule has 5 rings (SSSR count). The van der Waals surface area contributed by atoms with Gasteiger partial charge in [0, 0.05) is 44.3 Å². The van der Waals surface area contributed by atoms with Crippen molar-refractivity contribution < 1.29 is 27.7 Å². The molecule has 9 heteroatoms. The molecule has 1 aromatic heterocycles. The monoisotopic (exact) mass is 509 g/mol. The number of halogens is 2. The molecule has 3 aromatic rings. The molecule has 0 atom stereocenters. The number of aromatic nitrogens is 2. The van der Waals surface area contributed by atoms with Crippen LogP contribution in [-0.4, -0.2) is 50.0 Å². The molecule has 0 N–H and O–H groups in total. The van der Waals surface area contributed by atoms with Gasteiger partial charge in [-0.25, -0.2) is 13.8 Å². The highest BCUT2D eigenvalue weighted by Gasteiger charge is 2.25. The van der Waals surface area contributed by atoms with Crippen LogP contribution in [0, 0.1) is 11.6 Å². The molecule has 0 fully saturated rings. The van der Waals surface area contributed by atoms with Crippen LogP contribution >= 0.6 is 0 Å². The van der Waals surface area contributed by atoms with E-state index in [4.69, 9.17) is 28.9 Å². The third kappa shape index (κ3) is 5.89. The summed E-state index contributed by atoms with van der Waals surface area (Å²) in [7, 11) is 1.54. The highest BCUT2D eigenvalue weighted by atomic mass is 19.1. The largest absolute Gasteiger partial charge is 0.491 e. The number of fused-ring (bicyclic) bond motifs is 1. The van der Waals surface area contributed by atoms with E-state index >= 15 is 0 Å². The quantitative estimate of drug-likeness (QED) is 0.387. The van der Waals surface area contributed by atoms with Crippen molar-refractivity contribution in [2.24, 2.45) is 0 Å². The van der Waals surface area contributed by atoms with Gasteiger partial charge in [0.2, 0.25) is 11.8 Å². The summed E-state index contributed by atoms with van der Waals surface area (Å²) < 4.78 is 51.7. The lowest BCUT2D eigenvalue weighted by atomic mass is 9.98. The van der Waals surface area contributed by atoms with E-state index in [0.717, 1.165) is 16.8 Å². The van der Waals surface area contributed by atoms with Crippen molar-refractivity contribution in [2.75, 3.05) is 44.9 Å². The highest BCUT2D eigenvalue weighted by molar-refractivity contribution is 5.69. The first-order valence-electron chi connectivity index (χ1n) is 12.3. The summed E-state index contributed by atoms with van der Waals surface area (Å²) in [5.74, 6) is -0.0906. The molecule has 0 radical (unpaired) electrons. The van der Waals surface area contributed by atoms with Gasteiger partial charge in [-0.3, -0.25) is 0 Å². The molecule has 0 amide bonds. The average molecular weight is 510 g/mol. The minimum atomic E-state index is -0.645. The number of methoxy groups -OCH3 is 1. The fourth-order valence-corrected chi connectivity index (χ4v) is 4.44. The maximum Gasteiger partial charge on any atom is 0.229 e. The summed E-state index contributed by atoms with van der Waals surface area (Å²) >= 11 is 0. The minimum Gasteiger partial charge on any atom is -0.491 e. The van der Waals surface area contributed by atoms with Crippen molar-refractivity contribution in [3.8, 4) is 11.6 Å². The molecule has 2 aromatic carbocycles. The molecule has 3 heterocycles. The van der Waals surface area contributed by atoms with Gasteiger partial charge in [-0.05, 0) is 17.6 Å². The maximum absolute atomic E-state index is 14.8. The van der Waals surface area contributed by atoms with Gasteiger partial charge in [0.15, 0.2) is 0 Å². The molecule has 0 spiro atoms. The Bertz CT molecular complexity index is 1250. The Morgan fingerprint density at radius 2 is 1.81 bits per heavy atom. The number of hydrogen-bond donors (Lipinski definition) is 0. The Hall–Kier alpha value is -3.56. The van der Waals surface area contributed by atoms with Crippen molar-refractivity contribution >= 4 is 11.5 Å². The summed E-state index contributed by atoms with van der Waals surface area (Å²) in [6, 6.07) is 12.3. The molecular formula is C28H29F2N3O4. The van der Waals surface area contributed by atoms with E-state index in [1.165, 1.54) is 19.2 Å². The van der Waals surface area contributed by atoms with Gasteiger partial charge in [0.05, 0.1) is 31.1 Å². The van der Waals surface area contributed by atoms with Crippen LogP contribution < -0.4 is 14.4 Å². The molecule has 0 unspecified atom stereocenters. The first-order valence-corrected chi connectivity index (χ1v) is 12.3. The number of anilines is 1. The lowest BCUT2D eigenvalue weighted by molar-refractivity contribution is 0.104. The lowest BCUT2D eigenvalue weighted by Crippen LogP contribution is -2.31. The van der Waals surface area contributed by atoms with Crippen molar-refractivity contribution in [3.63, 3.8) is 0 Å². The Morgan fingerprint density at radius 3 is 2.54 bits per heavy atom. The van der Waals surface area contributed by atoms with Gasteiger partial charge in [-0.1, -0.05) is 36.4 Å². The number of rotatable bonds is 9. The second-order valence-corrected chi connectivity index (χ2v) is 8.86. The number of hydrogen-bond acceptors (Lipinski definition) is 7. The van der Waals surface area contributed by atoms with Gasteiger partial charge in [0.25, 0.3) is 0 Å². The van der Waals surface area contributed by atoms with Crippen LogP contribution in [0.15, 0.2) is 48.5 Å². The van der Waals surface area contributed by atoms with Crippen molar-refractivity contribution in [1.29, 1.82) is 0 Å². The summed E-state index contributed by atoms with van der Waals surface area (Å²) in [5, 5.41) is 0. The van der Waals surface area contributed by atoms with E-state index in [1.54, 1.807) is 0 Å². The summed E-state index contributed by atoms with van der Waals surface area (Å²) in [6.45, 7) is 2.89. The topological polar surface area (TPSA) is 65.9 Å². The van der Waals surface area contributed by atoms with Gasteiger partial charge in [-0.2, -0.15) is 4.98 Å². The first-order chi connectivity index (χ1) is 18.1. The standard InChI is InChI=1S/C28H29F2N3O4/c1-34-13-14-36-21-15-23(29)26(24(30)16-21)20-7-10-33(11-8-20)28-31-25-9-12-35-18-22(25)27(32-28)37-17-19-5-3-2-4-6-19/h2-7,15-16H,8-14,17-18H2,1H3. The molecule has 2 aliphatic rings. The molecule has 0 bridgehead atoms. The van der Waals surface area contributed by atoms with Crippen LogP contribution in [0.4, 0.5) is 14.7 Å². The van der Waals surface area contributed by atoms with Crippen LogP contribution in [-0.2, 0) is 29.1 Å². The van der Waals surface area contributed by atoms with E-state index in [2.05, 4.69) is 0 Å². The van der Waals surface area contributed by atoms with Crippen molar-refractivity contribution in [2.45, 2.75) is 26.1 Å². The molecule has 0 aliphatic carbocycles. The summed E-state index contributed by atoms with van der Waals surface area (Å²) in [5.41, 5.74) is 3.42. The van der Waals surface area contributed by atoms with Crippen molar-refractivity contribution in [3.05, 3.63) is 82.6 Å². The Labute approximate surface area is 214 Å². The first kappa shape index (κ1) is 25.1. The van der Waals surface area contributed by atoms with Crippen molar-refractivity contribution in [1.82, 2.24) is 9.97 Å². The number of benzene rings is 2. The zero-order valence-corrected chi connectivity index (χ0v) is 20.7. The maximum atomic E-state index is 14.8. The van der Waals surface area contributed by atoms with Gasteiger partial charge in [-0.15, -0.1) is 0 Å². The predicted octanol–water partition coefficient (Wildman–Crippen LogP) is 4.73. The number of ether oxygens (including phenoxy) is 4. The molecule has 0 saturated carbocycles. The summed E-state index contributed by atoms with van der Waals surface area (Å²) in [6.07, 6.45) is 2.95. The van der Waals surface area contributed by atoms with Crippen LogP contribution in [0.1, 0.15) is 28.8 Å². The molecular weight excluding hydrogens is 480 g/mol. The summed E-state index contributed by atoms with van der Waals surface area (Å²) in [4.78, 5) is 11.5. The third-order valence-corrected chi connectivity index (χ3v) is 6.38. The predicted molar refractivity (Wildman–Crippen MR) is 135 cm³/mol. The van der Waals surface area contributed by atoms with Crippen LogP contribution in [0.3, 0.4) is 0 Å². The zero-order chi connectivity index (χ0) is 25.6. The number of nitrogens with zero attached hydrogens (tertiary/aromatic N) is 3. The van der Waals surface area contributed by atoms with E-state index in [1.807, 2.05) is 41.3 Å². The minimum absolute atomic E-state index is 0.0193. The fraction of sp³-hybridized carbons (Fsp3) is 0.357. The highest BCUT2D eigenvalue weighted by Crippen LogP contribution is 2.33. The normalized spacial score (nSPS) is 15.2. The molecule has 2 aliphatic heterocycles. The Kier molecular flexibility index (Phi) is 7.91. The molecule has 7 nitrogen and oxygen atoms in total. The zero-order valence-electron chi connectivity index (χ0n) is 20.7. The van der Waals surface area contributed by atoms with Crippen LogP contribution in [0.2, 0.25) is 0 Å². The average Bonchev–Trinajstić information content (AvgIpc) is 2.92. The second-order valence-electron chi connectivity index (χ2n) is 8.86. The van der Waals surface area contributed by atoms with E-state index in [9.17, 15) is 8.78 Å². The molecule has 194 valence electrons. The van der Waals surface area contributed by atoms with E-state index < -0.39 is 11.6 Å². The Morgan fingerprint density at radius 1 is 1.00 bits per heavy atom. The van der Waals surface area contributed by atoms with Crippen LogP contribution in [0.25, 0.3) is 5.57 Å². The van der Waals surface area contributed by atoms with E-state index in [0.29, 0.717) is 69.8 Å². The second kappa shape index (κ2) is 11.7.